The van der Waals surface area contributed by atoms with E-state index < -0.39 is 9.84 Å². The molecular formula is C10H17N5O3S. The lowest BCUT2D eigenvalue weighted by atomic mass is 10.2. The quantitative estimate of drug-likeness (QED) is 0.490. The Balaban J connectivity index is 2.13. The topological polar surface area (TPSA) is 119 Å². The number of nitrogens with two attached hydrogens (primary N) is 1. The molecule has 19 heavy (non-hydrogen) atoms. The number of nitrogens with one attached hydrogen (secondary N) is 2. The lowest BCUT2D eigenvalue weighted by Gasteiger charge is -2.13. The van der Waals surface area contributed by atoms with Crippen LogP contribution in [0.25, 0.3) is 0 Å². The van der Waals surface area contributed by atoms with Crippen LogP contribution in [0.4, 0.5) is 11.6 Å². The first-order valence-electron chi connectivity index (χ1n) is 5.83. The van der Waals surface area contributed by atoms with Crippen molar-refractivity contribution in [2.24, 2.45) is 5.84 Å². The zero-order chi connectivity index (χ0) is 13.9. The molecule has 1 aromatic heterocycles. The number of rotatable bonds is 5. The molecule has 0 amide bonds. The molecule has 2 rings (SSSR count). The van der Waals surface area contributed by atoms with Crippen molar-refractivity contribution in [1.82, 2.24) is 9.97 Å². The first-order valence-corrected chi connectivity index (χ1v) is 7.65. The van der Waals surface area contributed by atoms with E-state index in [1.807, 2.05) is 0 Å². The minimum Gasteiger partial charge on any atom is -0.377 e. The molecule has 0 aromatic carbocycles. The van der Waals surface area contributed by atoms with E-state index in [2.05, 4.69) is 20.7 Å². The van der Waals surface area contributed by atoms with Gasteiger partial charge >= 0.3 is 0 Å². The van der Waals surface area contributed by atoms with Gasteiger partial charge in [-0.05, 0) is 6.42 Å². The third-order valence-electron chi connectivity index (χ3n) is 2.78. The summed E-state index contributed by atoms with van der Waals surface area (Å²) in [5, 5.41) is 3.09. The van der Waals surface area contributed by atoms with Gasteiger partial charge in [0.15, 0.2) is 15.7 Å². The van der Waals surface area contributed by atoms with Crippen molar-refractivity contribution in [2.75, 3.05) is 29.4 Å². The van der Waals surface area contributed by atoms with Gasteiger partial charge in [0.2, 0.25) is 0 Å². The van der Waals surface area contributed by atoms with Crippen LogP contribution in [0.1, 0.15) is 12.2 Å². The van der Waals surface area contributed by atoms with Crippen LogP contribution in [0.15, 0.2) is 6.07 Å². The Hall–Kier alpha value is -1.45. The zero-order valence-electron chi connectivity index (χ0n) is 10.6. The lowest BCUT2D eigenvalue weighted by Crippen LogP contribution is -2.22. The first kappa shape index (κ1) is 14.0. The van der Waals surface area contributed by atoms with Crippen molar-refractivity contribution in [3.8, 4) is 0 Å². The zero-order valence-corrected chi connectivity index (χ0v) is 11.4. The predicted octanol–water partition coefficient (Wildman–Crippen LogP) is -0.492. The fraction of sp³-hybridized carbons (Fsp3) is 0.600. The van der Waals surface area contributed by atoms with Crippen LogP contribution in [0.5, 0.6) is 0 Å². The number of ether oxygens (including phenoxy) is 1. The number of sulfone groups is 1. The molecule has 0 bridgehead atoms. The summed E-state index contributed by atoms with van der Waals surface area (Å²) < 4.78 is 27.8. The summed E-state index contributed by atoms with van der Waals surface area (Å²) in [7, 11) is -1.38. The maximum absolute atomic E-state index is 11.4. The van der Waals surface area contributed by atoms with Crippen LogP contribution >= 0.6 is 0 Å². The number of nitrogens with zero attached hydrogens (tertiary/aromatic N) is 2. The summed E-state index contributed by atoms with van der Waals surface area (Å²) in [6.45, 7) is 0.257. The third kappa shape index (κ3) is 3.75. The Bertz CT molecular complexity index is 548. The molecule has 106 valence electrons. The minimum atomic E-state index is -2.92. The van der Waals surface area contributed by atoms with E-state index in [1.165, 1.54) is 0 Å². The molecule has 1 aromatic rings. The Morgan fingerprint density at radius 2 is 2.21 bits per heavy atom. The maximum atomic E-state index is 11.4. The van der Waals surface area contributed by atoms with E-state index in [4.69, 9.17) is 10.6 Å². The predicted molar refractivity (Wildman–Crippen MR) is 71.2 cm³/mol. The number of aromatic nitrogens is 2. The monoisotopic (exact) mass is 287 g/mol. The second kappa shape index (κ2) is 5.68. The van der Waals surface area contributed by atoms with Gasteiger partial charge in [-0.2, -0.15) is 0 Å². The number of anilines is 2. The normalized spacial score (nSPS) is 21.3. The van der Waals surface area contributed by atoms with Gasteiger partial charge in [-0.25, -0.2) is 24.2 Å². The second-order valence-electron chi connectivity index (χ2n) is 4.38. The fourth-order valence-electron chi connectivity index (χ4n) is 1.96. The van der Waals surface area contributed by atoms with Gasteiger partial charge in [0.1, 0.15) is 18.2 Å². The lowest BCUT2D eigenvalue weighted by molar-refractivity contribution is 0.178. The molecule has 1 unspecified atom stereocenters. The van der Waals surface area contributed by atoms with Gasteiger partial charge < -0.3 is 15.5 Å². The number of hydrogen-bond acceptors (Lipinski definition) is 8. The molecule has 8 nitrogen and oxygen atoms in total. The molecule has 1 atom stereocenters. The number of nitrogen functional groups attached to an aromatic ring is 1. The van der Waals surface area contributed by atoms with E-state index in [0.717, 1.165) is 0 Å². The Morgan fingerprint density at radius 1 is 1.47 bits per heavy atom. The van der Waals surface area contributed by atoms with Crippen LogP contribution in [0, 0.1) is 0 Å². The molecule has 2 heterocycles. The molecule has 1 saturated heterocycles. The van der Waals surface area contributed by atoms with Crippen molar-refractivity contribution < 1.29 is 13.2 Å². The summed E-state index contributed by atoms with van der Waals surface area (Å²) in [5.41, 5.74) is 2.44. The van der Waals surface area contributed by atoms with Crippen molar-refractivity contribution in [3.63, 3.8) is 0 Å². The Labute approximate surface area is 111 Å². The van der Waals surface area contributed by atoms with E-state index in [9.17, 15) is 8.42 Å². The van der Waals surface area contributed by atoms with Crippen molar-refractivity contribution in [1.29, 1.82) is 0 Å². The molecule has 0 aliphatic carbocycles. The van der Waals surface area contributed by atoms with Gasteiger partial charge in [0, 0.05) is 19.2 Å². The average Bonchev–Trinajstić information content (AvgIpc) is 2.68. The van der Waals surface area contributed by atoms with Gasteiger partial charge in [0.25, 0.3) is 0 Å². The van der Waals surface area contributed by atoms with Gasteiger partial charge in [-0.1, -0.05) is 0 Å². The highest BCUT2D eigenvalue weighted by Gasteiger charge is 2.28. The molecule has 9 heteroatoms. The van der Waals surface area contributed by atoms with E-state index >= 15 is 0 Å². The van der Waals surface area contributed by atoms with E-state index in [0.29, 0.717) is 23.9 Å². The van der Waals surface area contributed by atoms with Crippen molar-refractivity contribution >= 4 is 21.5 Å². The average molecular weight is 287 g/mol. The Morgan fingerprint density at radius 3 is 2.79 bits per heavy atom. The summed E-state index contributed by atoms with van der Waals surface area (Å²) in [4.78, 5) is 8.36. The van der Waals surface area contributed by atoms with E-state index in [1.54, 1.807) is 13.2 Å². The van der Waals surface area contributed by atoms with Crippen molar-refractivity contribution in [3.05, 3.63) is 11.9 Å². The molecule has 1 fully saturated rings. The molecule has 0 radical (unpaired) electrons. The molecule has 4 N–H and O–H groups in total. The van der Waals surface area contributed by atoms with Crippen LogP contribution in [0.2, 0.25) is 0 Å². The van der Waals surface area contributed by atoms with Gasteiger partial charge in [-0.15, -0.1) is 0 Å². The summed E-state index contributed by atoms with van der Waals surface area (Å²) in [6.07, 6.45) is 0.581. The van der Waals surface area contributed by atoms with Crippen LogP contribution in [0.3, 0.4) is 0 Å². The third-order valence-corrected chi connectivity index (χ3v) is 4.55. The highest BCUT2D eigenvalue weighted by atomic mass is 32.2. The van der Waals surface area contributed by atoms with E-state index in [-0.39, 0.29) is 24.2 Å². The largest absolute Gasteiger partial charge is 0.377 e. The highest BCUT2D eigenvalue weighted by molar-refractivity contribution is 7.91. The summed E-state index contributed by atoms with van der Waals surface area (Å²) in [6, 6.07) is 1.50. The van der Waals surface area contributed by atoms with Crippen LogP contribution in [-0.2, 0) is 21.2 Å². The fourth-order valence-corrected chi connectivity index (χ4v) is 3.63. The molecule has 0 spiro atoms. The van der Waals surface area contributed by atoms with Crippen LogP contribution < -0.4 is 16.6 Å². The number of hydrazine groups is 1. The van der Waals surface area contributed by atoms with Gasteiger partial charge in [0.05, 0.1) is 11.5 Å². The molecular weight excluding hydrogens is 270 g/mol. The molecule has 0 saturated carbocycles. The van der Waals surface area contributed by atoms with Gasteiger partial charge in [-0.3, -0.25) is 0 Å². The van der Waals surface area contributed by atoms with Crippen molar-refractivity contribution in [2.45, 2.75) is 19.1 Å². The minimum absolute atomic E-state index is 0.124. The SMILES string of the molecule is COCc1nc(NN)cc(NC2CCS(=O)(=O)C2)n1. The summed E-state index contributed by atoms with van der Waals surface area (Å²) >= 11 is 0. The second-order valence-corrected chi connectivity index (χ2v) is 6.61. The number of methoxy groups -OCH3 is 1. The summed E-state index contributed by atoms with van der Waals surface area (Å²) in [5.74, 6) is 7.13. The smallest absolute Gasteiger partial charge is 0.158 e. The Kier molecular flexibility index (Phi) is 4.17. The maximum Gasteiger partial charge on any atom is 0.158 e. The highest BCUT2D eigenvalue weighted by Crippen LogP contribution is 2.18. The first-order chi connectivity index (χ1) is 9.02. The standard InChI is InChI=1S/C10H17N5O3S/c1-18-5-10-13-8(4-9(14-10)15-11)12-7-2-3-19(16,17)6-7/h4,7H,2-3,5-6,11H2,1H3,(H2,12,13,14,15). The molecule has 1 aliphatic heterocycles. The number of hydrogen-bond donors (Lipinski definition) is 3. The molecule has 1 aliphatic rings. The van der Waals surface area contributed by atoms with Crippen LogP contribution in [-0.4, -0.2) is 43.0 Å².